The molecule has 2 N–H and O–H groups in total. The maximum Gasteiger partial charge on any atom is 0.404 e. The van der Waals surface area contributed by atoms with Crippen molar-refractivity contribution in [3.8, 4) is 0 Å². The lowest BCUT2D eigenvalue weighted by molar-refractivity contribution is -0.222. The summed E-state index contributed by atoms with van der Waals surface area (Å²) in [5.74, 6) is -2.46. The lowest BCUT2D eigenvalue weighted by Gasteiger charge is -2.34. The Bertz CT molecular complexity index is 352. The molecule has 1 saturated heterocycles. The molecule has 1 amide bonds. The molecule has 0 aromatic carbocycles. The van der Waals surface area contributed by atoms with E-state index in [1.807, 2.05) is 0 Å². The molecule has 8 heteroatoms. The quantitative estimate of drug-likeness (QED) is 0.784. The Morgan fingerprint density at radius 1 is 1.42 bits per heavy atom. The summed E-state index contributed by atoms with van der Waals surface area (Å²) in [4.78, 5) is 23.6. The van der Waals surface area contributed by atoms with Gasteiger partial charge in [-0.05, 0) is 19.4 Å². The van der Waals surface area contributed by atoms with Crippen molar-refractivity contribution in [3.63, 3.8) is 0 Å². The van der Waals surface area contributed by atoms with Crippen molar-refractivity contribution in [1.29, 1.82) is 0 Å². The van der Waals surface area contributed by atoms with Crippen molar-refractivity contribution >= 4 is 11.9 Å². The van der Waals surface area contributed by atoms with Crippen LogP contribution in [0.25, 0.3) is 0 Å². The Morgan fingerprint density at radius 3 is 2.42 bits per heavy atom. The summed E-state index contributed by atoms with van der Waals surface area (Å²) < 4.78 is 39.5. The third-order valence-electron chi connectivity index (χ3n) is 3.21. The van der Waals surface area contributed by atoms with Gasteiger partial charge in [0.05, 0.1) is 0 Å². The molecule has 19 heavy (non-hydrogen) atoms. The summed E-state index contributed by atoms with van der Waals surface area (Å²) in [5.41, 5.74) is -2.49. The van der Waals surface area contributed by atoms with Gasteiger partial charge in [-0.3, -0.25) is 9.59 Å². The van der Waals surface area contributed by atoms with Crippen molar-refractivity contribution in [3.05, 3.63) is 0 Å². The van der Waals surface area contributed by atoms with E-state index in [9.17, 15) is 22.8 Å². The topological polar surface area (TPSA) is 69.6 Å². The minimum Gasteiger partial charge on any atom is -0.480 e. The normalized spacial score (nSPS) is 23.4. The summed E-state index contributed by atoms with van der Waals surface area (Å²) in [7, 11) is 0. The summed E-state index contributed by atoms with van der Waals surface area (Å²) in [6.07, 6.45) is -4.63. The van der Waals surface area contributed by atoms with Crippen LogP contribution in [0.5, 0.6) is 0 Å². The van der Waals surface area contributed by atoms with Crippen molar-refractivity contribution < 1.29 is 27.9 Å². The first kappa shape index (κ1) is 15.7. The second-order valence-corrected chi connectivity index (χ2v) is 4.63. The van der Waals surface area contributed by atoms with Crippen LogP contribution < -0.4 is 5.32 Å². The van der Waals surface area contributed by atoms with E-state index in [1.54, 1.807) is 6.92 Å². The summed E-state index contributed by atoms with van der Waals surface area (Å²) in [6, 6.07) is 0. The molecule has 1 atom stereocenters. The molecule has 1 rings (SSSR count). The van der Waals surface area contributed by atoms with Gasteiger partial charge in [-0.1, -0.05) is 6.92 Å². The molecule has 0 bridgehead atoms. The predicted molar refractivity (Wildman–Crippen MR) is 60.5 cm³/mol. The number of carboxylic acids is 1. The van der Waals surface area contributed by atoms with E-state index in [0.29, 0.717) is 6.42 Å². The van der Waals surface area contributed by atoms with Crippen molar-refractivity contribution in [2.45, 2.75) is 25.9 Å². The van der Waals surface area contributed by atoms with Gasteiger partial charge in [0.25, 0.3) is 0 Å². The van der Waals surface area contributed by atoms with Crippen LogP contribution in [0.4, 0.5) is 13.2 Å². The van der Waals surface area contributed by atoms with E-state index < -0.39 is 36.6 Å². The third-order valence-corrected chi connectivity index (χ3v) is 3.21. The molecule has 5 nitrogen and oxygen atoms in total. The summed E-state index contributed by atoms with van der Waals surface area (Å²) in [6.45, 7) is 0.580. The molecule has 0 aromatic heterocycles. The molecule has 0 spiro atoms. The Morgan fingerprint density at radius 2 is 2.05 bits per heavy atom. The van der Waals surface area contributed by atoms with Crippen LogP contribution in [0.3, 0.4) is 0 Å². The average Bonchev–Trinajstić information content (AvgIpc) is 2.76. The van der Waals surface area contributed by atoms with Gasteiger partial charge in [0, 0.05) is 13.1 Å². The van der Waals surface area contributed by atoms with Gasteiger partial charge < -0.3 is 15.3 Å². The smallest absolute Gasteiger partial charge is 0.404 e. The van der Waals surface area contributed by atoms with Crippen LogP contribution in [0.15, 0.2) is 0 Å². The third kappa shape index (κ3) is 3.17. The lowest BCUT2D eigenvalue weighted by Crippen LogP contribution is -2.54. The standard InChI is InChI=1S/C11H17F3N2O3/c1-2-5-16(6-8(17)18)9(19)10(11(12,13)14)3-4-15-7-10/h15H,2-7H2,1H3,(H,17,18). The highest BCUT2D eigenvalue weighted by atomic mass is 19.4. The fourth-order valence-electron chi connectivity index (χ4n) is 2.23. The van der Waals surface area contributed by atoms with E-state index in [2.05, 4.69) is 5.32 Å². The highest BCUT2D eigenvalue weighted by Gasteiger charge is 2.62. The number of carbonyl (C=O) groups is 2. The number of hydrogen-bond acceptors (Lipinski definition) is 3. The molecule has 1 aliphatic heterocycles. The van der Waals surface area contributed by atoms with Crippen LogP contribution in [-0.2, 0) is 9.59 Å². The second-order valence-electron chi connectivity index (χ2n) is 4.63. The SMILES string of the molecule is CCCN(CC(=O)O)C(=O)C1(C(F)(F)F)CCNC1. The first-order valence-electron chi connectivity index (χ1n) is 6.03. The van der Waals surface area contributed by atoms with E-state index in [-0.39, 0.29) is 19.5 Å². The zero-order valence-electron chi connectivity index (χ0n) is 10.6. The van der Waals surface area contributed by atoms with Gasteiger partial charge in [0.1, 0.15) is 6.54 Å². The van der Waals surface area contributed by atoms with Crippen LogP contribution in [0.1, 0.15) is 19.8 Å². The molecule has 0 aromatic rings. The summed E-state index contributed by atoms with van der Waals surface area (Å²) in [5, 5.41) is 11.2. The molecule has 1 fully saturated rings. The van der Waals surface area contributed by atoms with Crippen molar-refractivity contribution in [1.82, 2.24) is 10.2 Å². The number of alkyl halides is 3. The van der Waals surface area contributed by atoms with Crippen LogP contribution in [-0.4, -0.2) is 54.2 Å². The molecule has 1 unspecified atom stereocenters. The zero-order chi connectivity index (χ0) is 14.7. The van der Waals surface area contributed by atoms with Crippen molar-refractivity contribution in [2.75, 3.05) is 26.2 Å². The number of nitrogens with zero attached hydrogens (tertiary/aromatic N) is 1. The Hall–Kier alpha value is -1.31. The molecule has 1 heterocycles. The number of halogens is 3. The van der Waals surface area contributed by atoms with Crippen LogP contribution >= 0.6 is 0 Å². The minimum atomic E-state index is -4.68. The lowest BCUT2D eigenvalue weighted by atomic mass is 9.84. The fraction of sp³-hybridized carbons (Fsp3) is 0.818. The van der Waals surface area contributed by atoms with Crippen LogP contribution in [0, 0.1) is 5.41 Å². The number of carbonyl (C=O) groups excluding carboxylic acids is 1. The number of carboxylic acid groups (broad SMARTS) is 1. The number of amides is 1. The number of nitrogens with one attached hydrogen (secondary N) is 1. The fourth-order valence-corrected chi connectivity index (χ4v) is 2.23. The molecule has 110 valence electrons. The van der Waals surface area contributed by atoms with E-state index in [4.69, 9.17) is 5.11 Å². The van der Waals surface area contributed by atoms with E-state index >= 15 is 0 Å². The van der Waals surface area contributed by atoms with Crippen molar-refractivity contribution in [2.24, 2.45) is 5.41 Å². The molecular formula is C11H17F3N2O3. The Labute approximate surface area is 108 Å². The molecular weight excluding hydrogens is 265 g/mol. The zero-order valence-corrected chi connectivity index (χ0v) is 10.6. The second kappa shape index (κ2) is 5.77. The predicted octanol–water partition coefficient (Wildman–Crippen LogP) is 0.852. The molecule has 0 saturated carbocycles. The highest BCUT2D eigenvalue weighted by molar-refractivity contribution is 5.87. The minimum absolute atomic E-state index is 0.00294. The van der Waals surface area contributed by atoms with E-state index in [0.717, 1.165) is 4.90 Å². The van der Waals surface area contributed by atoms with E-state index in [1.165, 1.54) is 0 Å². The highest BCUT2D eigenvalue weighted by Crippen LogP contribution is 2.44. The molecule has 0 aliphatic carbocycles. The first-order chi connectivity index (χ1) is 8.74. The Balaban J connectivity index is 3.00. The maximum atomic E-state index is 13.2. The average molecular weight is 282 g/mol. The number of aliphatic carboxylic acids is 1. The van der Waals surface area contributed by atoms with Crippen LogP contribution in [0.2, 0.25) is 0 Å². The largest absolute Gasteiger partial charge is 0.480 e. The molecule has 1 aliphatic rings. The van der Waals surface area contributed by atoms with Gasteiger partial charge in [-0.15, -0.1) is 0 Å². The molecule has 0 radical (unpaired) electrons. The van der Waals surface area contributed by atoms with Gasteiger partial charge in [-0.2, -0.15) is 13.2 Å². The monoisotopic (exact) mass is 282 g/mol. The van der Waals surface area contributed by atoms with Gasteiger partial charge in [0.2, 0.25) is 5.91 Å². The summed E-state index contributed by atoms with van der Waals surface area (Å²) >= 11 is 0. The van der Waals surface area contributed by atoms with Gasteiger partial charge in [-0.25, -0.2) is 0 Å². The van der Waals surface area contributed by atoms with Gasteiger partial charge >= 0.3 is 12.1 Å². The number of rotatable bonds is 5. The maximum absolute atomic E-state index is 13.2. The number of hydrogen-bond donors (Lipinski definition) is 2. The first-order valence-corrected chi connectivity index (χ1v) is 6.03. The van der Waals surface area contributed by atoms with Gasteiger partial charge in [0.15, 0.2) is 5.41 Å². The Kier molecular flexibility index (Phi) is 4.78.